The van der Waals surface area contributed by atoms with Crippen LogP contribution >= 0.6 is 11.6 Å². The van der Waals surface area contributed by atoms with Gasteiger partial charge < -0.3 is 0 Å². The molecule has 0 bridgehead atoms. The van der Waals surface area contributed by atoms with Gasteiger partial charge in [-0.15, -0.1) is 0 Å². The monoisotopic (exact) mass is 354 g/mol. The number of hydrogen-bond donors (Lipinski definition) is 2. The third-order valence-corrected chi connectivity index (χ3v) is 4.49. The molecule has 2 aromatic rings. The minimum absolute atomic E-state index is 0.0200. The molecule has 0 fully saturated rings. The zero-order chi connectivity index (χ0) is 16.9. The van der Waals surface area contributed by atoms with Crippen molar-refractivity contribution in [2.24, 2.45) is 0 Å². The van der Waals surface area contributed by atoms with Gasteiger partial charge in [0.1, 0.15) is 11.4 Å². The van der Waals surface area contributed by atoms with Crippen LogP contribution in [0.3, 0.4) is 0 Å². The maximum atomic E-state index is 12.0. The Bertz CT molecular complexity index is 810. The molecule has 0 aliphatic carbocycles. The fourth-order valence-corrected chi connectivity index (χ4v) is 2.80. The molecule has 0 aliphatic rings. The summed E-state index contributed by atoms with van der Waals surface area (Å²) in [5.41, 5.74) is 4.04. The molecule has 1 heterocycles. The van der Waals surface area contributed by atoms with Gasteiger partial charge in [-0.2, -0.15) is 0 Å². The lowest BCUT2D eigenvalue weighted by atomic mass is 10.4. The summed E-state index contributed by atoms with van der Waals surface area (Å²) in [4.78, 5) is 30.7. The number of hydrazine groups is 1. The highest BCUT2D eigenvalue weighted by Gasteiger charge is 2.20. The molecule has 0 aliphatic heterocycles. The fraction of sp³-hybridized carbons (Fsp3) is 0.0769. The van der Waals surface area contributed by atoms with Gasteiger partial charge in [-0.3, -0.25) is 25.4 Å². The van der Waals surface area contributed by atoms with Crippen LogP contribution in [0.25, 0.3) is 0 Å². The molecule has 2 rings (SSSR count). The van der Waals surface area contributed by atoms with E-state index in [-0.39, 0.29) is 10.6 Å². The Labute approximate surface area is 136 Å². The van der Waals surface area contributed by atoms with Gasteiger partial charge >= 0.3 is 0 Å². The Morgan fingerprint density at radius 1 is 1.09 bits per heavy atom. The van der Waals surface area contributed by atoms with E-state index in [0.717, 1.165) is 0 Å². The standard InChI is InChI=1S/C13H11ClN4O4S/c14-9-1-3-10(4-2-9)23(21,22)8-12(19)17-18-13(20)11-7-15-5-6-16-11/h1-7H,8H2,(H,17,19)(H,18,20). The van der Waals surface area contributed by atoms with Gasteiger partial charge in [0.05, 0.1) is 11.1 Å². The topological polar surface area (TPSA) is 118 Å². The second-order valence-electron chi connectivity index (χ2n) is 4.31. The lowest BCUT2D eigenvalue weighted by molar-refractivity contribution is -0.119. The number of halogens is 1. The summed E-state index contributed by atoms with van der Waals surface area (Å²) in [7, 11) is -3.84. The van der Waals surface area contributed by atoms with E-state index in [4.69, 9.17) is 11.6 Å². The number of aromatic nitrogens is 2. The van der Waals surface area contributed by atoms with E-state index in [0.29, 0.717) is 5.02 Å². The van der Waals surface area contributed by atoms with Crippen molar-refractivity contribution in [2.45, 2.75) is 4.90 Å². The number of hydrogen-bond acceptors (Lipinski definition) is 6. The van der Waals surface area contributed by atoms with Crippen molar-refractivity contribution in [1.29, 1.82) is 0 Å². The number of nitrogens with zero attached hydrogens (tertiary/aromatic N) is 2. The Morgan fingerprint density at radius 2 is 1.78 bits per heavy atom. The smallest absolute Gasteiger partial charge is 0.272 e. The maximum absolute atomic E-state index is 12.0. The molecule has 0 spiro atoms. The van der Waals surface area contributed by atoms with Crippen LogP contribution in [-0.4, -0.2) is 36.0 Å². The van der Waals surface area contributed by atoms with Gasteiger partial charge in [0.25, 0.3) is 11.8 Å². The van der Waals surface area contributed by atoms with Crippen LogP contribution in [0, 0.1) is 0 Å². The Kier molecular flexibility index (Phi) is 5.24. The first-order valence-electron chi connectivity index (χ1n) is 6.22. The van der Waals surface area contributed by atoms with E-state index in [1.807, 2.05) is 5.43 Å². The van der Waals surface area contributed by atoms with Crippen molar-refractivity contribution in [3.8, 4) is 0 Å². The molecule has 1 aromatic heterocycles. The molecule has 23 heavy (non-hydrogen) atoms. The van der Waals surface area contributed by atoms with Crippen molar-refractivity contribution < 1.29 is 18.0 Å². The largest absolute Gasteiger partial charge is 0.289 e. The molecule has 8 nitrogen and oxygen atoms in total. The van der Waals surface area contributed by atoms with Crippen molar-refractivity contribution in [3.63, 3.8) is 0 Å². The highest BCUT2D eigenvalue weighted by molar-refractivity contribution is 7.92. The molecule has 1 aromatic carbocycles. The minimum atomic E-state index is -3.84. The average Bonchev–Trinajstić information content (AvgIpc) is 2.53. The first-order valence-corrected chi connectivity index (χ1v) is 8.25. The van der Waals surface area contributed by atoms with Crippen LogP contribution in [0.4, 0.5) is 0 Å². The normalized spacial score (nSPS) is 10.8. The van der Waals surface area contributed by atoms with Gasteiger partial charge in [-0.05, 0) is 24.3 Å². The molecular weight excluding hydrogens is 344 g/mol. The summed E-state index contributed by atoms with van der Waals surface area (Å²) in [6.45, 7) is 0. The zero-order valence-corrected chi connectivity index (χ0v) is 13.1. The molecule has 0 saturated carbocycles. The maximum Gasteiger partial charge on any atom is 0.289 e. The number of sulfone groups is 1. The third kappa shape index (κ3) is 4.73. The van der Waals surface area contributed by atoms with Crippen LogP contribution in [0.1, 0.15) is 10.5 Å². The highest BCUT2D eigenvalue weighted by Crippen LogP contribution is 2.15. The van der Waals surface area contributed by atoms with Gasteiger partial charge in [0.2, 0.25) is 0 Å². The van der Waals surface area contributed by atoms with E-state index in [1.54, 1.807) is 0 Å². The lowest BCUT2D eigenvalue weighted by Gasteiger charge is -2.07. The predicted molar refractivity (Wildman–Crippen MR) is 81.1 cm³/mol. The molecule has 2 N–H and O–H groups in total. The first-order chi connectivity index (χ1) is 10.9. The van der Waals surface area contributed by atoms with E-state index in [1.165, 1.54) is 42.9 Å². The molecule has 2 amide bonds. The SMILES string of the molecule is O=C(CS(=O)(=O)c1ccc(Cl)cc1)NNC(=O)c1cnccn1. The lowest BCUT2D eigenvalue weighted by Crippen LogP contribution is -2.44. The Balaban J connectivity index is 1.94. The van der Waals surface area contributed by atoms with Crippen molar-refractivity contribution in [3.05, 3.63) is 53.6 Å². The van der Waals surface area contributed by atoms with Crippen LogP contribution < -0.4 is 10.9 Å². The van der Waals surface area contributed by atoms with Crippen LogP contribution in [-0.2, 0) is 14.6 Å². The van der Waals surface area contributed by atoms with E-state index in [2.05, 4.69) is 15.4 Å². The van der Waals surface area contributed by atoms with Crippen LogP contribution in [0.15, 0.2) is 47.8 Å². The van der Waals surface area contributed by atoms with E-state index < -0.39 is 27.4 Å². The number of carbonyl (C=O) groups is 2. The second-order valence-corrected chi connectivity index (χ2v) is 6.73. The molecule has 0 unspecified atom stereocenters. The van der Waals surface area contributed by atoms with Crippen LogP contribution in [0.2, 0.25) is 5.02 Å². The average molecular weight is 355 g/mol. The summed E-state index contributed by atoms with van der Waals surface area (Å²) in [5, 5.41) is 0.379. The Hall–Kier alpha value is -2.52. The first kappa shape index (κ1) is 16.8. The number of carbonyl (C=O) groups excluding carboxylic acids is 2. The number of rotatable bonds is 4. The molecule has 0 saturated heterocycles. The molecule has 0 atom stereocenters. The van der Waals surface area contributed by atoms with Gasteiger partial charge in [-0.25, -0.2) is 13.4 Å². The third-order valence-electron chi connectivity index (χ3n) is 2.61. The predicted octanol–water partition coefficient (Wildman–Crippen LogP) is 0.365. The van der Waals surface area contributed by atoms with E-state index in [9.17, 15) is 18.0 Å². The summed E-state index contributed by atoms with van der Waals surface area (Å²) in [6, 6.07) is 5.40. The summed E-state index contributed by atoms with van der Waals surface area (Å²) in [5.74, 6) is -2.43. The second kappa shape index (κ2) is 7.16. The minimum Gasteiger partial charge on any atom is -0.272 e. The summed E-state index contributed by atoms with van der Waals surface area (Å²) in [6.07, 6.45) is 3.89. The van der Waals surface area contributed by atoms with Crippen molar-refractivity contribution in [2.75, 3.05) is 5.75 Å². The Morgan fingerprint density at radius 3 is 2.39 bits per heavy atom. The number of nitrogens with one attached hydrogen (secondary N) is 2. The fourth-order valence-electron chi connectivity index (χ4n) is 1.54. The van der Waals surface area contributed by atoms with Gasteiger partial charge in [-0.1, -0.05) is 11.6 Å². The quantitative estimate of drug-likeness (QED) is 0.765. The van der Waals surface area contributed by atoms with Gasteiger partial charge in [0, 0.05) is 17.4 Å². The molecule has 10 heteroatoms. The van der Waals surface area contributed by atoms with Crippen LogP contribution in [0.5, 0.6) is 0 Å². The van der Waals surface area contributed by atoms with Crippen molar-refractivity contribution in [1.82, 2.24) is 20.8 Å². The zero-order valence-electron chi connectivity index (χ0n) is 11.6. The molecular formula is C13H11ClN4O4S. The highest BCUT2D eigenvalue weighted by atomic mass is 35.5. The number of amides is 2. The van der Waals surface area contributed by atoms with Crippen molar-refractivity contribution >= 4 is 33.3 Å². The van der Waals surface area contributed by atoms with E-state index >= 15 is 0 Å². The van der Waals surface area contributed by atoms with Gasteiger partial charge in [0.15, 0.2) is 9.84 Å². The summed E-state index contributed by atoms with van der Waals surface area (Å²) >= 11 is 5.68. The molecule has 0 radical (unpaired) electrons. The number of benzene rings is 1. The molecule has 120 valence electrons. The summed E-state index contributed by atoms with van der Waals surface area (Å²) < 4.78 is 24.1.